The number of pyridine rings is 1. The maximum atomic E-state index is 11.5. The first kappa shape index (κ1) is 15.4. The summed E-state index contributed by atoms with van der Waals surface area (Å²) in [4.78, 5) is 15.6. The third kappa shape index (κ3) is 6.76. The van der Waals surface area contributed by atoms with E-state index < -0.39 is 11.7 Å². The van der Waals surface area contributed by atoms with E-state index in [2.05, 4.69) is 10.3 Å². The molecule has 0 aliphatic heterocycles. The van der Waals surface area contributed by atoms with Gasteiger partial charge in [-0.05, 0) is 51.8 Å². The molecule has 0 bridgehead atoms. The number of carbonyl (C=O) groups excluding carboxylic acids is 1. The van der Waals surface area contributed by atoms with Crippen LogP contribution in [0.3, 0.4) is 0 Å². The SMILES string of the molecule is Cc1cc(CC(N)CNC(=O)OC(C)(C)C)ccn1. The highest BCUT2D eigenvalue weighted by Gasteiger charge is 2.16. The van der Waals surface area contributed by atoms with E-state index in [1.807, 2.05) is 39.8 Å². The summed E-state index contributed by atoms with van der Waals surface area (Å²) in [6, 6.07) is 3.78. The lowest BCUT2D eigenvalue weighted by Crippen LogP contribution is -2.41. The molecule has 19 heavy (non-hydrogen) atoms. The molecule has 3 N–H and O–H groups in total. The largest absolute Gasteiger partial charge is 0.444 e. The summed E-state index contributed by atoms with van der Waals surface area (Å²) in [7, 11) is 0. The van der Waals surface area contributed by atoms with Gasteiger partial charge in [0.05, 0.1) is 0 Å². The molecule has 1 unspecified atom stereocenters. The molecule has 1 heterocycles. The summed E-state index contributed by atoms with van der Waals surface area (Å²) in [6.07, 6.45) is 2.02. The van der Waals surface area contributed by atoms with Crippen molar-refractivity contribution in [3.8, 4) is 0 Å². The summed E-state index contributed by atoms with van der Waals surface area (Å²) < 4.78 is 5.14. The van der Waals surface area contributed by atoms with E-state index in [0.29, 0.717) is 13.0 Å². The summed E-state index contributed by atoms with van der Waals surface area (Å²) in [5, 5.41) is 2.67. The van der Waals surface area contributed by atoms with E-state index in [-0.39, 0.29) is 6.04 Å². The molecule has 1 amide bonds. The molecule has 0 aliphatic rings. The molecule has 0 saturated carbocycles. The first-order valence-corrected chi connectivity index (χ1v) is 6.40. The number of rotatable bonds is 4. The van der Waals surface area contributed by atoms with E-state index in [4.69, 9.17) is 10.5 Å². The Labute approximate surface area is 114 Å². The Bertz CT molecular complexity index is 427. The number of alkyl carbamates (subject to hydrolysis) is 1. The molecule has 0 radical (unpaired) electrons. The molecular formula is C14H23N3O2. The van der Waals surface area contributed by atoms with Crippen molar-refractivity contribution in [3.63, 3.8) is 0 Å². The van der Waals surface area contributed by atoms with Gasteiger partial charge in [-0.25, -0.2) is 4.79 Å². The fourth-order valence-corrected chi connectivity index (χ4v) is 1.63. The molecule has 5 heteroatoms. The lowest BCUT2D eigenvalue weighted by Gasteiger charge is -2.20. The Morgan fingerprint density at radius 2 is 2.21 bits per heavy atom. The van der Waals surface area contributed by atoms with Gasteiger partial charge < -0.3 is 15.8 Å². The molecule has 0 spiro atoms. The van der Waals surface area contributed by atoms with Crippen molar-refractivity contribution in [2.75, 3.05) is 6.54 Å². The van der Waals surface area contributed by atoms with Crippen molar-refractivity contribution in [2.24, 2.45) is 5.73 Å². The first-order chi connectivity index (χ1) is 8.76. The van der Waals surface area contributed by atoms with Crippen LogP contribution in [0.5, 0.6) is 0 Å². The van der Waals surface area contributed by atoms with Crippen molar-refractivity contribution < 1.29 is 9.53 Å². The number of aryl methyl sites for hydroxylation is 1. The van der Waals surface area contributed by atoms with Gasteiger partial charge in [-0.2, -0.15) is 0 Å². The van der Waals surface area contributed by atoms with Crippen molar-refractivity contribution >= 4 is 6.09 Å². The first-order valence-electron chi connectivity index (χ1n) is 6.40. The van der Waals surface area contributed by atoms with Gasteiger partial charge in [-0.1, -0.05) is 0 Å². The molecule has 1 rings (SSSR count). The van der Waals surface area contributed by atoms with E-state index in [1.165, 1.54) is 0 Å². The van der Waals surface area contributed by atoms with Crippen LogP contribution in [-0.2, 0) is 11.2 Å². The highest BCUT2D eigenvalue weighted by Crippen LogP contribution is 2.07. The zero-order chi connectivity index (χ0) is 14.5. The zero-order valence-electron chi connectivity index (χ0n) is 12.1. The van der Waals surface area contributed by atoms with Crippen LogP contribution in [0.25, 0.3) is 0 Å². The summed E-state index contributed by atoms with van der Waals surface area (Å²) in [5.41, 5.74) is 7.57. The van der Waals surface area contributed by atoms with Crippen molar-refractivity contribution in [1.82, 2.24) is 10.3 Å². The minimum atomic E-state index is -0.490. The van der Waals surface area contributed by atoms with Gasteiger partial charge in [-0.3, -0.25) is 4.98 Å². The molecule has 0 aliphatic carbocycles. The number of ether oxygens (including phenoxy) is 1. The van der Waals surface area contributed by atoms with Crippen molar-refractivity contribution in [3.05, 3.63) is 29.6 Å². The summed E-state index contributed by atoms with van der Waals surface area (Å²) >= 11 is 0. The Morgan fingerprint density at radius 3 is 2.79 bits per heavy atom. The van der Waals surface area contributed by atoms with Crippen LogP contribution >= 0.6 is 0 Å². The molecule has 1 atom stereocenters. The van der Waals surface area contributed by atoms with Gasteiger partial charge in [0, 0.05) is 24.5 Å². The van der Waals surface area contributed by atoms with E-state index in [9.17, 15) is 4.79 Å². The average molecular weight is 265 g/mol. The summed E-state index contributed by atoms with van der Waals surface area (Å²) in [5.74, 6) is 0. The standard InChI is InChI=1S/C14H23N3O2/c1-10-7-11(5-6-16-10)8-12(15)9-17-13(18)19-14(2,3)4/h5-7,12H,8-9,15H2,1-4H3,(H,17,18). The Kier molecular flexibility index (Phi) is 5.30. The van der Waals surface area contributed by atoms with Crippen LogP contribution in [-0.4, -0.2) is 29.3 Å². The fraction of sp³-hybridized carbons (Fsp3) is 0.571. The van der Waals surface area contributed by atoms with E-state index >= 15 is 0 Å². The Hall–Kier alpha value is -1.62. The maximum absolute atomic E-state index is 11.5. The lowest BCUT2D eigenvalue weighted by atomic mass is 10.1. The lowest BCUT2D eigenvalue weighted by molar-refractivity contribution is 0.0524. The topological polar surface area (TPSA) is 77.2 Å². The third-order valence-electron chi connectivity index (χ3n) is 2.37. The van der Waals surface area contributed by atoms with Crippen molar-refractivity contribution in [1.29, 1.82) is 0 Å². The van der Waals surface area contributed by atoms with Gasteiger partial charge in [0.2, 0.25) is 0 Å². The number of amides is 1. The van der Waals surface area contributed by atoms with Crippen molar-refractivity contribution in [2.45, 2.75) is 45.8 Å². The molecule has 1 aromatic heterocycles. The highest BCUT2D eigenvalue weighted by molar-refractivity contribution is 5.67. The van der Waals surface area contributed by atoms with Crippen LogP contribution in [0.2, 0.25) is 0 Å². The van der Waals surface area contributed by atoms with Crippen LogP contribution in [0.15, 0.2) is 18.3 Å². The van der Waals surface area contributed by atoms with Gasteiger partial charge in [0.15, 0.2) is 0 Å². The van der Waals surface area contributed by atoms with Gasteiger partial charge in [0.1, 0.15) is 5.60 Å². The maximum Gasteiger partial charge on any atom is 0.407 e. The number of nitrogens with one attached hydrogen (secondary N) is 1. The van der Waals surface area contributed by atoms with E-state index in [1.54, 1.807) is 6.20 Å². The Balaban J connectivity index is 2.36. The smallest absolute Gasteiger partial charge is 0.407 e. The minimum absolute atomic E-state index is 0.144. The van der Waals surface area contributed by atoms with Gasteiger partial charge in [-0.15, -0.1) is 0 Å². The number of hydrogen-bond donors (Lipinski definition) is 2. The highest BCUT2D eigenvalue weighted by atomic mass is 16.6. The predicted molar refractivity (Wildman–Crippen MR) is 74.9 cm³/mol. The fourth-order valence-electron chi connectivity index (χ4n) is 1.63. The van der Waals surface area contributed by atoms with Gasteiger partial charge in [0.25, 0.3) is 0 Å². The third-order valence-corrected chi connectivity index (χ3v) is 2.37. The van der Waals surface area contributed by atoms with E-state index in [0.717, 1.165) is 11.3 Å². The Morgan fingerprint density at radius 1 is 1.53 bits per heavy atom. The predicted octanol–water partition coefficient (Wildman–Crippen LogP) is 1.78. The molecule has 1 aromatic rings. The number of aromatic nitrogens is 1. The van der Waals surface area contributed by atoms with Crippen LogP contribution in [0.4, 0.5) is 4.79 Å². The van der Waals surface area contributed by atoms with Crippen LogP contribution in [0.1, 0.15) is 32.0 Å². The molecule has 0 saturated heterocycles. The number of nitrogens with two attached hydrogens (primary N) is 1. The quantitative estimate of drug-likeness (QED) is 0.870. The van der Waals surface area contributed by atoms with Crippen LogP contribution in [0, 0.1) is 6.92 Å². The molecule has 0 fully saturated rings. The van der Waals surface area contributed by atoms with Gasteiger partial charge >= 0.3 is 6.09 Å². The zero-order valence-corrected chi connectivity index (χ0v) is 12.1. The normalized spacial score (nSPS) is 12.9. The average Bonchev–Trinajstić information content (AvgIpc) is 2.24. The molecule has 106 valence electrons. The monoisotopic (exact) mass is 265 g/mol. The number of nitrogens with zero attached hydrogens (tertiary/aromatic N) is 1. The molecular weight excluding hydrogens is 242 g/mol. The second kappa shape index (κ2) is 6.52. The second-order valence-electron chi connectivity index (χ2n) is 5.65. The molecule has 0 aromatic carbocycles. The number of hydrogen-bond acceptors (Lipinski definition) is 4. The second-order valence-corrected chi connectivity index (χ2v) is 5.65. The summed E-state index contributed by atoms with van der Waals surface area (Å²) in [6.45, 7) is 7.80. The van der Waals surface area contributed by atoms with Crippen LogP contribution < -0.4 is 11.1 Å². The minimum Gasteiger partial charge on any atom is -0.444 e. The number of carbonyl (C=O) groups is 1. The molecule has 5 nitrogen and oxygen atoms in total.